The molecule has 0 bridgehead atoms. The van der Waals surface area contributed by atoms with Gasteiger partial charge >= 0.3 is 0 Å². The minimum Gasteiger partial charge on any atom is -0.347 e. The lowest BCUT2D eigenvalue weighted by Gasteiger charge is -2.23. The standard InChI is InChI=1S/C30H29N2S.ClHO4/c1-30(2)24-16-8-9-17-25(24)31(3)28(30)20-12-15-23(22-13-6-5-7-14-22)21-29-32(4)26-18-10-11-19-27(26)33-29;2-1(3,4)5/h5-21H,1-4H3;(H,2,3,4,5)/q+1;/p-1. The summed E-state index contributed by atoms with van der Waals surface area (Å²) in [5.74, 6) is 0. The predicted molar refractivity (Wildman–Crippen MR) is 142 cm³/mol. The summed E-state index contributed by atoms with van der Waals surface area (Å²) in [6.45, 7) is 4.61. The quantitative estimate of drug-likeness (QED) is 0.288. The molecule has 0 amide bonds. The fourth-order valence-electron chi connectivity index (χ4n) is 4.78. The Kier molecular flexibility index (Phi) is 8.18. The number of benzene rings is 3. The van der Waals surface area contributed by atoms with E-state index in [-0.39, 0.29) is 5.41 Å². The molecular weight excluding hydrogens is 520 g/mol. The van der Waals surface area contributed by atoms with Crippen molar-refractivity contribution in [3.63, 3.8) is 0 Å². The number of fused-ring (bicyclic) bond motifs is 2. The van der Waals surface area contributed by atoms with E-state index in [1.54, 1.807) is 0 Å². The lowest BCUT2D eigenvalue weighted by Crippen LogP contribution is -2.68. The Labute approximate surface area is 229 Å². The van der Waals surface area contributed by atoms with Gasteiger partial charge < -0.3 is 4.90 Å². The maximum absolute atomic E-state index is 8.49. The lowest BCUT2D eigenvalue weighted by molar-refractivity contribution is -2.00. The number of nitrogens with zero attached hydrogens (tertiary/aromatic N) is 2. The van der Waals surface area contributed by atoms with E-state index in [2.05, 4.69) is 141 Å². The van der Waals surface area contributed by atoms with Crippen LogP contribution in [0.3, 0.4) is 0 Å². The smallest absolute Gasteiger partial charge is 0.263 e. The first-order valence-electron chi connectivity index (χ1n) is 12.0. The van der Waals surface area contributed by atoms with E-state index in [1.807, 2.05) is 11.3 Å². The zero-order valence-electron chi connectivity index (χ0n) is 21.6. The molecule has 5 rings (SSSR count). The van der Waals surface area contributed by atoms with Gasteiger partial charge in [-0.05, 0) is 34.9 Å². The molecule has 2 heterocycles. The van der Waals surface area contributed by atoms with Crippen LogP contribution in [0.25, 0.3) is 21.9 Å². The van der Waals surface area contributed by atoms with E-state index in [9.17, 15) is 0 Å². The summed E-state index contributed by atoms with van der Waals surface area (Å²) < 4.78 is 37.6. The second-order valence-electron chi connectivity index (χ2n) is 9.42. The molecule has 0 unspecified atom stereocenters. The zero-order chi connectivity index (χ0) is 27.5. The maximum Gasteiger partial charge on any atom is 0.263 e. The molecule has 0 spiro atoms. The minimum absolute atomic E-state index is 0.0236. The number of hydrogen-bond donors (Lipinski definition) is 0. The average Bonchev–Trinajstić information content (AvgIpc) is 3.29. The molecule has 1 aliphatic rings. The van der Waals surface area contributed by atoms with Crippen molar-refractivity contribution in [2.24, 2.45) is 7.05 Å². The Morgan fingerprint density at radius 1 is 0.895 bits per heavy atom. The zero-order valence-corrected chi connectivity index (χ0v) is 23.2. The monoisotopic (exact) mass is 548 g/mol. The second-order valence-corrected chi connectivity index (χ2v) is 11.2. The van der Waals surface area contributed by atoms with Crippen molar-refractivity contribution in [2.45, 2.75) is 19.3 Å². The molecule has 196 valence electrons. The van der Waals surface area contributed by atoms with Crippen molar-refractivity contribution in [1.82, 2.24) is 0 Å². The summed E-state index contributed by atoms with van der Waals surface area (Å²) >= 11 is 1.83. The Balaban J connectivity index is 0.000000617. The molecule has 0 radical (unpaired) electrons. The molecule has 8 heteroatoms. The van der Waals surface area contributed by atoms with Crippen molar-refractivity contribution in [3.8, 4) is 0 Å². The van der Waals surface area contributed by atoms with Crippen LogP contribution in [0.1, 0.15) is 30.0 Å². The van der Waals surface area contributed by atoms with Crippen LogP contribution in [0.4, 0.5) is 5.69 Å². The molecular formula is C30H29ClN2O4S. The molecule has 38 heavy (non-hydrogen) atoms. The highest BCUT2D eigenvalue weighted by molar-refractivity contribution is 7.18. The van der Waals surface area contributed by atoms with Crippen LogP contribution in [0, 0.1) is 10.2 Å². The summed E-state index contributed by atoms with van der Waals surface area (Å²) in [4.78, 5) is 2.32. The molecule has 0 saturated carbocycles. The third-order valence-electron chi connectivity index (χ3n) is 6.63. The van der Waals surface area contributed by atoms with Gasteiger partial charge in [0.25, 0.3) is 5.01 Å². The van der Waals surface area contributed by atoms with Crippen LogP contribution in [-0.2, 0) is 12.5 Å². The van der Waals surface area contributed by atoms with Crippen LogP contribution in [-0.4, -0.2) is 7.05 Å². The van der Waals surface area contributed by atoms with E-state index < -0.39 is 10.2 Å². The van der Waals surface area contributed by atoms with Gasteiger partial charge in [-0.25, -0.2) is 18.6 Å². The highest BCUT2D eigenvalue weighted by atomic mass is 35.7. The first-order chi connectivity index (χ1) is 18.0. The van der Waals surface area contributed by atoms with Crippen molar-refractivity contribution in [1.29, 1.82) is 0 Å². The summed E-state index contributed by atoms with van der Waals surface area (Å²) in [6, 6.07) is 27.9. The number of likely N-dealkylation sites (N-methyl/N-ethyl adjacent to an activating group) is 1. The van der Waals surface area contributed by atoms with Crippen molar-refractivity contribution in [3.05, 3.63) is 119 Å². The molecule has 0 N–H and O–H groups in total. The Bertz CT molecular complexity index is 1510. The van der Waals surface area contributed by atoms with Gasteiger partial charge in [0.05, 0.1) is 0 Å². The fraction of sp³-hybridized carbons (Fsp3) is 0.167. The van der Waals surface area contributed by atoms with Gasteiger partial charge in [0.2, 0.25) is 5.52 Å². The van der Waals surface area contributed by atoms with Gasteiger partial charge in [-0.3, -0.25) is 0 Å². The van der Waals surface area contributed by atoms with E-state index >= 15 is 0 Å². The summed E-state index contributed by atoms with van der Waals surface area (Å²) in [5.41, 5.74) is 7.63. The number of para-hydroxylation sites is 2. The van der Waals surface area contributed by atoms with Crippen LogP contribution in [0.2, 0.25) is 0 Å². The Morgan fingerprint density at radius 2 is 1.50 bits per heavy atom. The number of anilines is 1. The summed E-state index contributed by atoms with van der Waals surface area (Å²) in [5, 5.41) is 1.23. The molecule has 0 saturated heterocycles. The van der Waals surface area contributed by atoms with E-state index in [1.165, 1.54) is 43.3 Å². The average molecular weight is 549 g/mol. The summed E-state index contributed by atoms with van der Waals surface area (Å²) in [7, 11) is -0.634. The maximum atomic E-state index is 8.49. The molecule has 4 aromatic rings. The topological polar surface area (TPSA) is 99.4 Å². The normalized spacial score (nSPS) is 16.2. The van der Waals surface area contributed by atoms with Crippen molar-refractivity contribution >= 4 is 38.9 Å². The first-order valence-corrected chi connectivity index (χ1v) is 14.0. The van der Waals surface area contributed by atoms with Crippen LogP contribution >= 0.6 is 11.3 Å². The van der Waals surface area contributed by atoms with E-state index in [0.29, 0.717) is 0 Å². The van der Waals surface area contributed by atoms with Gasteiger partial charge in [-0.15, -0.1) is 10.2 Å². The van der Waals surface area contributed by atoms with Crippen LogP contribution < -0.4 is 28.1 Å². The molecule has 3 aromatic carbocycles. The lowest BCUT2D eigenvalue weighted by atomic mass is 9.84. The fourth-order valence-corrected chi connectivity index (χ4v) is 5.89. The molecule has 6 nitrogen and oxygen atoms in total. The highest BCUT2D eigenvalue weighted by Gasteiger charge is 2.37. The summed E-state index contributed by atoms with van der Waals surface area (Å²) in [6.07, 6.45) is 9.00. The van der Waals surface area contributed by atoms with Crippen LogP contribution in [0.5, 0.6) is 0 Å². The number of aromatic nitrogens is 1. The van der Waals surface area contributed by atoms with Gasteiger partial charge in [-0.1, -0.05) is 98.0 Å². The third kappa shape index (κ3) is 6.22. The molecule has 0 aliphatic carbocycles. The molecule has 1 aromatic heterocycles. The van der Waals surface area contributed by atoms with E-state index in [4.69, 9.17) is 18.6 Å². The second kappa shape index (κ2) is 11.2. The van der Waals surface area contributed by atoms with Gasteiger partial charge in [0.15, 0.2) is 0 Å². The van der Waals surface area contributed by atoms with Crippen LogP contribution in [0.15, 0.2) is 103 Å². The SMILES string of the molecule is CN1\C(=C/C=C/C(=C/c2sc3ccccc3[n+]2C)c2ccccc2)C(C)(C)c2ccccc21.[O-][Cl+3]([O-])([O-])[O-]. The largest absolute Gasteiger partial charge is 0.347 e. The van der Waals surface area contributed by atoms with Gasteiger partial charge in [0, 0.05) is 36.0 Å². The number of aryl methyl sites for hydroxylation is 1. The van der Waals surface area contributed by atoms with Gasteiger partial charge in [-0.2, -0.15) is 4.57 Å². The number of halogens is 1. The number of thiazole rings is 1. The first kappa shape index (κ1) is 27.7. The number of allylic oxidation sites excluding steroid dienone is 5. The Hall–Kier alpha value is -3.30. The van der Waals surface area contributed by atoms with E-state index in [0.717, 1.165) is 0 Å². The molecule has 0 atom stereocenters. The molecule has 1 aliphatic heterocycles. The van der Waals surface area contributed by atoms with Crippen molar-refractivity contribution < 1.29 is 33.4 Å². The van der Waals surface area contributed by atoms with Crippen molar-refractivity contribution in [2.75, 3.05) is 11.9 Å². The highest BCUT2D eigenvalue weighted by Crippen LogP contribution is 2.46. The third-order valence-corrected chi connectivity index (χ3v) is 7.79. The Morgan fingerprint density at radius 3 is 2.16 bits per heavy atom. The molecule has 0 fully saturated rings. The predicted octanol–water partition coefficient (Wildman–Crippen LogP) is 2.38. The number of rotatable bonds is 4. The van der Waals surface area contributed by atoms with Gasteiger partial charge in [0.1, 0.15) is 11.7 Å². The number of hydrogen-bond acceptors (Lipinski definition) is 6. The minimum atomic E-state index is -4.94.